The highest BCUT2D eigenvalue weighted by Gasteiger charge is 2.41. The van der Waals surface area contributed by atoms with Crippen LogP contribution in [0.5, 0.6) is 0 Å². The first-order valence-electron chi connectivity index (χ1n) is 11.8. The Bertz CT molecular complexity index is 1290. The molecular formula is C24H23F4N7O2. The second-order valence-electron chi connectivity index (χ2n) is 9.13. The summed E-state index contributed by atoms with van der Waals surface area (Å²) >= 11 is 0. The molecule has 0 radical (unpaired) electrons. The van der Waals surface area contributed by atoms with Crippen molar-refractivity contribution in [2.75, 3.05) is 6.54 Å². The molecule has 2 aromatic heterocycles. The summed E-state index contributed by atoms with van der Waals surface area (Å²) in [6.45, 7) is -1.07. The first kappa shape index (κ1) is 24.8. The smallest absolute Gasteiger partial charge is 0.298 e. The highest BCUT2D eigenvalue weighted by molar-refractivity contribution is 5.88. The van der Waals surface area contributed by atoms with E-state index in [1.165, 1.54) is 0 Å². The average molecular weight is 517 g/mol. The zero-order valence-electron chi connectivity index (χ0n) is 19.5. The van der Waals surface area contributed by atoms with E-state index in [0.29, 0.717) is 15.8 Å². The van der Waals surface area contributed by atoms with Gasteiger partial charge in [0.25, 0.3) is 6.43 Å². The van der Waals surface area contributed by atoms with Crippen LogP contribution in [0.15, 0.2) is 42.5 Å². The number of alkyl halides is 3. The van der Waals surface area contributed by atoms with Crippen molar-refractivity contribution in [2.24, 2.45) is 0 Å². The monoisotopic (exact) mass is 517 g/mol. The van der Waals surface area contributed by atoms with Crippen LogP contribution in [-0.2, 0) is 16.1 Å². The molecule has 2 aliphatic rings. The van der Waals surface area contributed by atoms with E-state index in [-0.39, 0.29) is 24.6 Å². The van der Waals surface area contributed by atoms with Crippen molar-refractivity contribution in [3.05, 3.63) is 71.1 Å². The van der Waals surface area contributed by atoms with E-state index in [2.05, 4.69) is 25.8 Å². The van der Waals surface area contributed by atoms with Gasteiger partial charge in [-0.2, -0.15) is 4.39 Å². The molecule has 1 saturated carbocycles. The van der Waals surface area contributed by atoms with Crippen LogP contribution in [0, 0.1) is 5.95 Å². The molecule has 2 amide bonds. The molecule has 37 heavy (non-hydrogen) atoms. The number of nitrogens with one attached hydrogen (secondary N) is 1. The first-order chi connectivity index (χ1) is 17.8. The summed E-state index contributed by atoms with van der Waals surface area (Å²) in [5, 5.41) is 12.5. The number of hydrogen-bond acceptors (Lipinski definition) is 6. The number of halogens is 4. The van der Waals surface area contributed by atoms with Gasteiger partial charge in [-0.05, 0) is 40.8 Å². The van der Waals surface area contributed by atoms with E-state index >= 15 is 0 Å². The third-order valence-electron chi connectivity index (χ3n) is 6.54. The van der Waals surface area contributed by atoms with Crippen LogP contribution >= 0.6 is 0 Å². The molecule has 1 aliphatic heterocycles. The Labute approximate surface area is 208 Å². The normalized spacial score (nSPS) is 20.3. The predicted molar refractivity (Wildman–Crippen MR) is 120 cm³/mol. The third kappa shape index (κ3) is 5.30. The van der Waals surface area contributed by atoms with Gasteiger partial charge in [-0.25, -0.2) is 22.8 Å². The number of tetrazole rings is 1. The average Bonchev–Trinajstić information content (AvgIpc) is 3.48. The maximum Gasteiger partial charge on any atom is 0.298 e. The SMILES string of the molecule is O=C(NC(c1ccccc1)c1ccc(C2CC2)c(F)n1)C1CC(F)CN1C(=O)Cn1nnnc1C(F)F. The molecule has 9 nitrogen and oxygen atoms in total. The van der Waals surface area contributed by atoms with Gasteiger partial charge in [0.15, 0.2) is 0 Å². The van der Waals surface area contributed by atoms with E-state index in [9.17, 15) is 27.2 Å². The van der Waals surface area contributed by atoms with Crippen LogP contribution < -0.4 is 5.32 Å². The topological polar surface area (TPSA) is 106 Å². The van der Waals surface area contributed by atoms with Crippen LogP contribution in [0.1, 0.15) is 60.3 Å². The largest absolute Gasteiger partial charge is 0.342 e. The van der Waals surface area contributed by atoms with Crippen molar-refractivity contribution in [1.82, 2.24) is 35.4 Å². The Morgan fingerprint density at radius 3 is 2.54 bits per heavy atom. The number of hydrogen-bond donors (Lipinski definition) is 1. The summed E-state index contributed by atoms with van der Waals surface area (Å²) in [6.07, 6.45) is -2.99. The van der Waals surface area contributed by atoms with Crippen molar-refractivity contribution < 1.29 is 27.2 Å². The van der Waals surface area contributed by atoms with Gasteiger partial charge in [0, 0.05) is 12.0 Å². The fourth-order valence-corrected chi connectivity index (χ4v) is 4.54. The summed E-state index contributed by atoms with van der Waals surface area (Å²) in [5.74, 6) is -2.73. The number of carbonyl (C=O) groups excluding carboxylic acids is 2. The molecule has 3 atom stereocenters. The van der Waals surface area contributed by atoms with E-state index in [4.69, 9.17) is 0 Å². The maximum atomic E-state index is 14.7. The zero-order chi connectivity index (χ0) is 26.1. The van der Waals surface area contributed by atoms with Crippen LogP contribution in [0.25, 0.3) is 0 Å². The number of pyridine rings is 1. The molecule has 3 heterocycles. The second kappa shape index (κ2) is 10.2. The number of rotatable bonds is 8. The lowest BCUT2D eigenvalue weighted by Crippen LogP contribution is -2.48. The lowest BCUT2D eigenvalue weighted by molar-refractivity contribution is -0.139. The number of benzene rings is 1. The van der Waals surface area contributed by atoms with Gasteiger partial charge in [-0.15, -0.1) is 5.10 Å². The van der Waals surface area contributed by atoms with Crippen LogP contribution in [0.3, 0.4) is 0 Å². The number of aromatic nitrogens is 5. The van der Waals surface area contributed by atoms with Gasteiger partial charge in [-0.3, -0.25) is 9.59 Å². The van der Waals surface area contributed by atoms with E-state index in [0.717, 1.165) is 17.7 Å². The molecule has 13 heteroatoms. The minimum Gasteiger partial charge on any atom is -0.342 e. The summed E-state index contributed by atoms with van der Waals surface area (Å²) < 4.78 is 55.9. The van der Waals surface area contributed by atoms with Crippen LogP contribution in [-0.4, -0.2) is 60.7 Å². The fraction of sp³-hybridized carbons (Fsp3) is 0.417. The van der Waals surface area contributed by atoms with Gasteiger partial charge in [-0.1, -0.05) is 36.4 Å². The number of amides is 2. The molecule has 2 fully saturated rings. The number of carbonyl (C=O) groups is 2. The van der Waals surface area contributed by atoms with Crippen LogP contribution in [0.4, 0.5) is 17.6 Å². The van der Waals surface area contributed by atoms with Gasteiger partial charge in [0.05, 0.1) is 18.3 Å². The summed E-state index contributed by atoms with van der Waals surface area (Å²) in [5.41, 5.74) is 1.40. The van der Waals surface area contributed by atoms with E-state index < -0.39 is 54.8 Å². The lowest BCUT2D eigenvalue weighted by atomic mass is 10.0. The van der Waals surface area contributed by atoms with Gasteiger partial charge >= 0.3 is 0 Å². The Kier molecular flexibility index (Phi) is 6.85. The van der Waals surface area contributed by atoms with Gasteiger partial charge in [0.1, 0.15) is 18.8 Å². The molecular weight excluding hydrogens is 494 g/mol. The second-order valence-corrected chi connectivity index (χ2v) is 9.13. The highest BCUT2D eigenvalue weighted by Crippen LogP contribution is 2.41. The minimum atomic E-state index is -3.01. The lowest BCUT2D eigenvalue weighted by Gasteiger charge is -2.26. The van der Waals surface area contributed by atoms with Crippen molar-refractivity contribution in [3.8, 4) is 0 Å². The zero-order valence-corrected chi connectivity index (χ0v) is 19.5. The maximum absolute atomic E-state index is 14.7. The van der Waals surface area contributed by atoms with Gasteiger partial charge < -0.3 is 10.2 Å². The Hall–Kier alpha value is -3.90. The molecule has 5 rings (SSSR count). The van der Waals surface area contributed by atoms with Crippen LogP contribution in [0.2, 0.25) is 0 Å². The molecule has 1 aliphatic carbocycles. The third-order valence-corrected chi connectivity index (χ3v) is 6.54. The quantitative estimate of drug-likeness (QED) is 0.364. The molecule has 3 unspecified atom stereocenters. The molecule has 1 saturated heterocycles. The highest BCUT2D eigenvalue weighted by atomic mass is 19.3. The molecule has 0 bridgehead atoms. The number of nitrogens with zero attached hydrogens (tertiary/aromatic N) is 6. The van der Waals surface area contributed by atoms with Crippen molar-refractivity contribution in [1.29, 1.82) is 0 Å². The Morgan fingerprint density at radius 1 is 1.11 bits per heavy atom. The van der Waals surface area contributed by atoms with E-state index in [1.54, 1.807) is 42.5 Å². The summed E-state index contributed by atoms with van der Waals surface area (Å²) in [6, 6.07) is 9.98. The summed E-state index contributed by atoms with van der Waals surface area (Å²) in [7, 11) is 0. The standard InChI is InChI=1S/C24H23F4N7O2/c25-15-10-18(34(11-15)19(36)12-35-23(21(26)27)31-32-33-35)24(37)30-20(14-4-2-1-3-5-14)17-9-8-16(13-6-7-13)22(28)29-17/h1-5,8-9,13,15,18,20-21H,6-7,10-12H2,(H,30,37). The Morgan fingerprint density at radius 2 is 1.86 bits per heavy atom. The number of likely N-dealkylation sites (tertiary alicyclic amines) is 1. The minimum absolute atomic E-state index is 0.150. The van der Waals surface area contributed by atoms with Crippen molar-refractivity contribution >= 4 is 11.8 Å². The fourth-order valence-electron chi connectivity index (χ4n) is 4.54. The molecule has 3 aromatic rings. The van der Waals surface area contributed by atoms with Gasteiger partial charge in [0.2, 0.25) is 23.6 Å². The predicted octanol–water partition coefficient (Wildman–Crippen LogP) is 2.87. The Balaban J connectivity index is 1.37. The molecule has 1 N–H and O–H groups in total. The first-order valence-corrected chi connectivity index (χ1v) is 11.8. The van der Waals surface area contributed by atoms with E-state index in [1.807, 2.05) is 0 Å². The molecule has 1 aromatic carbocycles. The molecule has 0 spiro atoms. The molecule has 194 valence electrons. The van der Waals surface area contributed by atoms with Crippen molar-refractivity contribution in [3.63, 3.8) is 0 Å². The van der Waals surface area contributed by atoms with Crippen molar-refractivity contribution in [2.45, 2.75) is 56.4 Å². The summed E-state index contributed by atoms with van der Waals surface area (Å²) in [4.78, 5) is 31.3.